The Labute approximate surface area is 150 Å². The third-order valence-electron chi connectivity index (χ3n) is 5.62. The van der Waals surface area contributed by atoms with E-state index >= 15 is 0 Å². The molecule has 1 saturated carbocycles. The predicted octanol–water partition coefficient (Wildman–Crippen LogP) is 6.15. The molecule has 1 fully saturated rings. The van der Waals surface area contributed by atoms with E-state index in [2.05, 4.69) is 18.8 Å². The second-order valence-corrected chi connectivity index (χ2v) is 7.56. The number of alkyl halides is 3. The molecule has 0 bridgehead atoms. The van der Waals surface area contributed by atoms with Gasteiger partial charge in [0, 0.05) is 22.5 Å². The third kappa shape index (κ3) is 2.85. The first-order chi connectivity index (χ1) is 12.2. The number of ether oxygens (including phenoxy) is 1. The van der Waals surface area contributed by atoms with Crippen molar-refractivity contribution in [3.63, 3.8) is 0 Å². The molecule has 4 rings (SSSR count). The molecule has 26 heavy (non-hydrogen) atoms. The summed E-state index contributed by atoms with van der Waals surface area (Å²) >= 11 is 0. The highest BCUT2D eigenvalue weighted by Gasteiger charge is 2.50. The Hall–Kier alpha value is -2.43. The second-order valence-electron chi connectivity index (χ2n) is 7.56. The van der Waals surface area contributed by atoms with Gasteiger partial charge in [0.1, 0.15) is 11.9 Å². The minimum atomic E-state index is -4.30. The van der Waals surface area contributed by atoms with Gasteiger partial charge < -0.3 is 9.72 Å². The van der Waals surface area contributed by atoms with Gasteiger partial charge in [0.25, 0.3) is 0 Å². The Morgan fingerprint density at radius 1 is 1.04 bits per heavy atom. The van der Waals surface area contributed by atoms with Crippen molar-refractivity contribution in [2.75, 3.05) is 0 Å². The maximum atomic E-state index is 12.7. The lowest BCUT2D eigenvalue weighted by molar-refractivity contribution is -0.137. The van der Waals surface area contributed by atoms with Crippen LogP contribution in [0.1, 0.15) is 37.3 Å². The molecule has 136 valence electrons. The molecule has 1 N–H and O–H groups in total. The molecule has 1 heterocycles. The van der Waals surface area contributed by atoms with Crippen LogP contribution in [0.15, 0.2) is 54.7 Å². The fourth-order valence-corrected chi connectivity index (χ4v) is 3.82. The number of benzene rings is 2. The van der Waals surface area contributed by atoms with E-state index in [-0.39, 0.29) is 17.4 Å². The summed E-state index contributed by atoms with van der Waals surface area (Å²) in [6.07, 6.45) is -1.58. The van der Waals surface area contributed by atoms with Gasteiger partial charge in [-0.15, -0.1) is 0 Å². The van der Waals surface area contributed by atoms with Gasteiger partial charge in [0.15, 0.2) is 0 Å². The van der Waals surface area contributed by atoms with E-state index < -0.39 is 11.7 Å². The molecule has 0 saturated heterocycles. The SMILES string of the molecule is CC1(C)[C@@H](Oc2ccc3[nH]ccc3c2)C[C@H]1c1ccc(C(F)(F)F)cc1. The number of rotatable bonds is 3. The molecule has 2 nitrogen and oxygen atoms in total. The van der Waals surface area contributed by atoms with Crippen LogP contribution < -0.4 is 4.74 Å². The highest BCUT2D eigenvalue weighted by atomic mass is 19.4. The molecule has 0 unspecified atom stereocenters. The van der Waals surface area contributed by atoms with Gasteiger partial charge in [-0.2, -0.15) is 13.2 Å². The minimum Gasteiger partial charge on any atom is -0.490 e. The number of aromatic nitrogens is 1. The molecular formula is C21H20F3NO. The fraction of sp³-hybridized carbons (Fsp3) is 0.333. The first-order valence-electron chi connectivity index (χ1n) is 8.66. The van der Waals surface area contributed by atoms with E-state index in [9.17, 15) is 13.2 Å². The van der Waals surface area contributed by atoms with Crippen molar-refractivity contribution >= 4 is 10.9 Å². The maximum Gasteiger partial charge on any atom is 0.416 e. The largest absolute Gasteiger partial charge is 0.490 e. The first kappa shape index (κ1) is 17.0. The molecular weight excluding hydrogens is 339 g/mol. The number of nitrogens with one attached hydrogen (secondary N) is 1. The molecule has 5 heteroatoms. The maximum absolute atomic E-state index is 12.7. The van der Waals surface area contributed by atoms with Crippen LogP contribution in [0.3, 0.4) is 0 Å². The van der Waals surface area contributed by atoms with Crippen LogP contribution in [0.5, 0.6) is 5.75 Å². The van der Waals surface area contributed by atoms with Crippen LogP contribution in [-0.4, -0.2) is 11.1 Å². The zero-order chi connectivity index (χ0) is 18.5. The quantitative estimate of drug-likeness (QED) is 0.596. The van der Waals surface area contributed by atoms with E-state index in [0.717, 1.165) is 28.6 Å². The highest BCUT2D eigenvalue weighted by molar-refractivity contribution is 5.80. The molecule has 1 aromatic heterocycles. The molecule has 0 spiro atoms. The van der Waals surface area contributed by atoms with Crippen LogP contribution in [0.4, 0.5) is 13.2 Å². The summed E-state index contributed by atoms with van der Waals surface area (Å²) in [7, 11) is 0. The van der Waals surface area contributed by atoms with Crippen LogP contribution in [0.2, 0.25) is 0 Å². The summed E-state index contributed by atoms with van der Waals surface area (Å²) in [5.41, 5.74) is 1.25. The first-order valence-corrected chi connectivity index (χ1v) is 8.66. The van der Waals surface area contributed by atoms with Crippen molar-refractivity contribution < 1.29 is 17.9 Å². The predicted molar refractivity (Wildman–Crippen MR) is 95.3 cm³/mol. The molecule has 2 aromatic carbocycles. The Balaban J connectivity index is 1.48. The van der Waals surface area contributed by atoms with Gasteiger partial charge in [-0.1, -0.05) is 26.0 Å². The molecule has 0 radical (unpaired) electrons. The number of H-pyrrole nitrogens is 1. The Morgan fingerprint density at radius 3 is 2.42 bits per heavy atom. The van der Waals surface area contributed by atoms with Crippen LogP contribution in [0.25, 0.3) is 10.9 Å². The van der Waals surface area contributed by atoms with Crippen LogP contribution >= 0.6 is 0 Å². The monoisotopic (exact) mass is 359 g/mol. The number of aromatic amines is 1. The summed E-state index contributed by atoms with van der Waals surface area (Å²) < 4.78 is 44.4. The number of hydrogen-bond acceptors (Lipinski definition) is 1. The molecule has 0 amide bonds. The van der Waals surface area contributed by atoms with Gasteiger partial charge in [-0.25, -0.2) is 0 Å². The normalized spacial score (nSPS) is 22.2. The van der Waals surface area contributed by atoms with E-state index in [0.29, 0.717) is 0 Å². The van der Waals surface area contributed by atoms with Gasteiger partial charge in [0.05, 0.1) is 5.56 Å². The number of fused-ring (bicyclic) bond motifs is 1. The van der Waals surface area contributed by atoms with E-state index in [1.54, 1.807) is 12.1 Å². The smallest absolute Gasteiger partial charge is 0.416 e. The average Bonchev–Trinajstić information content (AvgIpc) is 3.05. The third-order valence-corrected chi connectivity index (χ3v) is 5.62. The van der Waals surface area contributed by atoms with E-state index in [1.165, 1.54) is 12.1 Å². The van der Waals surface area contributed by atoms with Crippen LogP contribution in [-0.2, 0) is 6.18 Å². The van der Waals surface area contributed by atoms with Crippen LogP contribution in [0, 0.1) is 5.41 Å². The summed E-state index contributed by atoms with van der Waals surface area (Å²) in [6.45, 7) is 4.22. The molecule has 1 aliphatic carbocycles. The Morgan fingerprint density at radius 2 is 1.77 bits per heavy atom. The van der Waals surface area contributed by atoms with Gasteiger partial charge in [-0.05, 0) is 54.3 Å². The molecule has 3 aromatic rings. The van der Waals surface area contributed by atoms with Crippen molar-refractivity contribution in [3.05, 3.63) is 65.9 Å². The lowest BCUT2D eigenvalue weighted by Crippen LogP contribution is -2.50. The average molecular weight is 359 g/mol. The summed E-state index contributed by atoms with van der Waals surface area (Å²) in [4.78, 5) is 3.15. The Kier molecular flexibility index (Phi) is 3.79. The zero-order valence-corrected chi connectivity index (χ0v) is 14.6. The van der Waals surface area contributed by atoms with Crippen molar-refractivity contribution in [1.29, 1.82) is 0 Å². The standard InChI is InChI=1S/C21H20F3NO/c1-20(2)17(13-3-5-15(6-4-13)21(22,23)24)12-19(20)26-16-7-8-18-14(11-16)9-10-25-18/h3-11,17,19,25H,12H2,1-2H3/t17-,19-/m0/s1. The fourth-order valence-electron chi connectivity index (χ4n) is 3.82. The second kappa shape index (κ2) is 5.79. The van der Waals surface area contributed by atoms with Crippen molar-refractivity contribution in [1.82, 2.24) is 4.98 Å². The van der Waals surface area contributed by atoms with Gasteiger partial charge in [-0.3, -0.25) is 0 Å². The van der Waals surface area contributed by atoms with Crippen molar-refractivity contribution in [2.45, 2.75) is 38.5 Å². The number of hydrogen-bond donors (Lipinski definition) is 1. The summed E-state index contributed by atoms with van der Waals surface area (Å²) in [6, 6.07) is 13.5. The lowest BCUT2D eigenvalue weighted by Gasteiger charge is -2.51. The molecule has 0 aliphatic heterocycles. The molecule has 1 aliphatic rings. The molecule has 2 atom stereocenters. The minimum absolute atomic E-state index is 0.0335. The summed E-state index contributed by atoms with van der Waals surface area (Å²) in [5, 5.41) is 1.10. The Bertz CT molecular complexity index is 924. The number of halogens is 3. The van der Waals surface area contributed by atoms with Gasteiger partial charge >= 0.3 is 6.18 Å². The highest BCUT2D eigenvalue weighted by Crippen LogP contribution is 2.54. The van der Waals surface area contributed by atoms with Crippen molar-refractivity contribution in [3.8, 4) is 5.75 Å². The topological polar surface area (TPSA) is 25.0 Å². The summed E-state index contributed by atoms with van der Waals surface area (Å²) in [5.74, 6) is 1.01. The lowest BCUT2D eigenvalue weighted by atomic mass is 9.57. The van der Waals surface area contributed by atoms with E-state index in [4.69, 9.17) is 4.74 Å². The van der Waals surface area contributed by atoms with Crippen molar-refractivity contribution in [2.24, 2.45) is 5.41 Å². The zero-order valence-electron chi connectivity index (χ0n) is 14.6. The van der Waals surface area contributed by atoms with E-state index in [1.807, 2.05) is 30.5 Å². The van der Waals surface area contributed by atoms with Gasteiger partial charge in [0.2, 0.25) is 0 Å².